The fraction of sp³-hybridized carbons (Fsp3) is 0.417. The molecule has 0 aromatic heterocycles. The molecule has 0 radical (unpaired) electrons. The summed E-state index contributed by atoms with van der Waals surface area (Å²) in [6.07, 6.45) is 0.129. The van der Waals surface area contributed by atoms with Crippen LogP contribution in [-0.4, -0.2) is 11.4 Å². The van der Waals surface area contributed by atoms with E-state index in [1.54, 1.807) is 13.8 Å². The van der Waals surface area contributed by atoms with Gasteiger partial charge in [-0.2, -0.15) is 0 Å². The Morgan fingerprint density at radius 2 is 2.06 bits per heavy atom. The highest BCUT2D eigenvalue weighted by Gasteiger charge is 2.20. The molecule has 0 spiro atoms. The first kappa shape index (κ1) is 13.6. The molecule has 0 saturated carbocycles. The molecular formula is C12H16F2N2O. The summed E-state index contributed by atoms with van der Waals surface area (Å²) in [7, 11) is 0. The van der Waals surface area contributed by atoms with Crippen LogP contribution in [0.3, 0.4) is 0 Å². The van der Waals surface area contributed by atoms with Crippen LogP contribution in [0.1, 0.15) is 25.8 Å². The van der Waals surface area contributed by atoms with Gasteiger partial charge in [0, 0.05) is 24.1 Å². The molecule has 0 atom stereocenters. The quantitative estimate of drug-likeness (QED) is 0.825. The zero-order valence-electron chi connectivity index (χ0n) is 9.89. The Morgan fingerprint density at radius 1 is 1.41 bits per heavy atom. The van der Waals surface area contributed by atoms with Crippen LogP contribution in [0.5, 0.6) is 0 Å². The van der Waals surface area contributed by atoms with Crippen molar-refractivity contribution in [1.29, 1.82) is 0 Å². The minimum atomic E-state index is -0.551. The van der Waals surface area contributed by atoms with E-state index < -0.39 is 23.1 Å². The monoisotopic (exact) mass is 242 g/mol. The summed E-state index contributed by atoms with van der Waals surface area (Å²) in [6.45, 7) is 3.69. The van der Waals surface area contributed by atoms with Crippen molar-refractivity contribution in [3.63, 3.8) is 0 Å². The van der Waals surface area contributed by atoms with Crippen molar-refractivity contribution in [2.75, 3.05) is 0 Å². The van der Waals surface area contributed by atoms with Crippen LogP contribution >= 0.6 is 0 Å². The molecule has 94 valence electrons. The largest absolute Gasteiger partial charge is 0.370 e. The molecule has 0 fully saturated rings. The summed E-state index contributed by atoms with van der Waals surface area (Å²) in [6, 6.07) is 3.27. The Morgan fingerprint density at radius 3 is 2.65 bits per heavy atom. The molecule has 1 aromatic carbocycles. The van der Waals surface area contributed by atoms with Crippen molar-refractivity contribution in [2.24, 2.45) is 5.73 Å². The average Bonchev–Trinajstić information content (AvgIpc) is 2.17. The molecular weight excluding hydrogens is 226 g/mol. The van der Waals surface area contributed by atoms with Gasteiger partial charge in [0.1, 0.15) is 11.6 Å². The summed E-state index contributed by atoms with van der Waals surface area (Å²) >= 11 is 0. The first-order valence-corrected chi connectivity index (χ1v) is 5.27. The third-order valence-electron chi connectivity index (χ3n) is 2.38. The summed E-state index contributed by atoms with van der Waals surface area (Å²) in [5.41, 5.74) is 4.76. The van der Waals surface area contributed by atoms with Crippen molar-refractivity contribution in [2.45, 2.75) is 32.4 Å². The van der Waals surface area contributed by atoms with E-state index in [1.807, 2.05) is 0 Å². The lowest BCUT2D eigenvalue weighted by Crippen LogP contribution is -2.42. The second-order valence-corrected chi connectivity index (χ2v) is 4.62. The highest BCUT2D eigenvalue weighted by Crippen LogP contribution is 2.13. The van der Waals surface area contributed by atoms with Crippen molar-refractivity contribution < 1.29 is 13.6 Å². The standard InChI is InChI=1S/C12H16F2N2O/c1-12(2,6-11(15)17)16-7-8-5-9(13)3-4-10(8)14/h3-5,16H,6-7H2,1-2H3,(H2,15,17). The first-order valence-electron chi connectivity index (χ1n) is 5.27. The fourth-order valence-corrected chi connectivity index (χ4v) is 1.51. The van der Waals surface area contributed by atoms with Gasteiger partial charge in [-0.15, -0.1) is 0 Å². The maximum Gasteiger partial charge on any atom is 0.219 e. The SMILES string of the molecule is CC(C)(CC(N)=O)NCc1cc(F)ccc1F. The molecule has 0 aliphatic rings. The summed E-state index contributed by atoms with van der Waals surface area (Å²) in [5, 5.41) is 2.97. The highest BCUT2D eigenvalue weighted by atomic mass is 19.1. The van der Waals surface area contributed by atoms with Gasteiger partial charge in [-0.1, -0.05) is 0 Å². The number of amides is 1. The number of nitrogens with one attached hydrogen (secondary N) is 1. The molecule has 3 N–H and O–H groups in total. The van der Waals surface area contributed by atoms with Gasteiger partial charge in [0.15, 0.2) is 0 Å². The Balaban J connectivity index is 2.66. The molecule has 1 amide bonds. The van der Waals surface area contributed by atoms with Gasteiger partial charge < -0.3 is 11.1 Å². The van der Waals surface area contributed by atoms with Gasteiger partial charge in [-0.3, -0.25) is 4.79 Å². The van der Waals surface area contributed by atoms with E-state index in [4.69, 9.17) is 5.73 Å². The van der Waals surface area contributed by atoms with Crippen LogP contribution < -0.4 is 11.1 Å². The fourth-order valence-electron chi connectivity index (χ4n) is 1.51. The number of hydrogen-bond acceptors (Lipinski definition) is 2. The molecule has 0 bridgehead atoms. The molecule has 3 nitrogen and oxygen atoms in total. The Hall–Kier alpha value is -1.49. The zero-order chi connectivity index (χ0) is 13.1. The molecule has 0 aliphatic heterocycles. The predicted octanol–water partition coefficient (Wildman–Crippen LogP) is 1.71. The van der Waals surface area contributed by atoms with E-state index in [1.165, 1.54) is 0 Å². The number of halogens is 2. The van der Waals surface area contributed by atoms with E-state index in [0.29, 0.717) is 0 Å². The van der Waals surface area contributed by atoms with Crippen molar-refractivity contribution in [3.8, 4) is 0 Å². The number of nitrogens with two attached hydrogens (primary N) is 1. The molecule has 17 heavy (non-hydrogen) atoms. The van der Waals surface area contributed by atoms with Crippen LogP contribution in [-0.2, 0) is 11.3 Å². The molecule has 0 unspecified atom stereocenters. The second-order valence-electron chi connectivity index (χ2n) is 4.62. The van der Waals surface area contributed by atoms with Gasteiger partial charge in [0.2, 0.25) is 5.91 Å². The molecule has 0 heterocycles. The molecule has 1 aromatic rings. The second kappa shape index (κ2) is 5.23. The smallest absolute Gasteiger partial charge is 0.219 e. The lowest BCUT2D eigenvalue weighted by Gasteiger charge is -2.25. The zero-order valence-corrected chi connectivity index (χ0v) is 9.89. The average molecular weight is 242 g/mol. The van der Waals surface area contributed by atoms with Crippen LogP contribution in [0.15, 0.2) is 18.2 Å². The van der Waals surface area contributed by atoms with E-state index in [9.17, 15) is 13.6 Å². The minimum absolute atomic E-state index is 0.129. The lowest BCUT2D eigenvalue weighted by molar-refractivity contribution is -0.119. The van der Waals surface area contributed by atoms with Crippen LogP contribution in [0, 0.1) is 11.6 Å². The van der Waals surface area contributed by atoms with Crippen molar-refractivity contribution in [1.82, 2.24) is 5.32 Å². The number of carbonyl (C=O) groups excluding carboxylic acids is 1. The number of benzene rings is 1. The minimum Gasteiger partial charge on any atom is -0.370 e. The van der Waals surface area contributed by atoms with E-state index in [2.05, 4.69) is 5.32 Å². The van der Waals surface area contributed by atoms with Gasteiger partial charge >= 0.3 is 0 Å². The summed E-state index contributed by atoms with van der Waals surface area (Å²) in [4.78, 5) is 10.8. The van der Waals surface area contributed by atoms with Gasteiger partial charge in [-0.25, -0.2) is 8.78 Å². The van der Waals surface area contributed by atoms with Crippen LogP contribution in [0.25, 0.3) is 0 Å². The number of primary amides is 1. The first-order chi connectivity index (χ1) is 7.80. The van der Waals surface area contributed by atoms with Gasteiger partial charge in [0.25, 0.3) is 0 Å². The molecule has 0 aliphatic carbocycles. The van der Waals surface area contributed by atoms with E-state index >= 15 is 0 Å². The maximum atomic E-state index is 13.3. The van der Waals surface area contributed by atoms with Crippen molar-refractivity contribution >= 4 is 5.91 Å². The molecule has 5 heteroatoms. The van der Waals surface area contributed by atoms with Gasteiger partial charge in [0.05, 0.1) is 0 Å². The number of rotatable bonds is 5. The van der Waals surface area contributed by atoms with E-state index in [0.717, 1.165) is 18.2 Å². The summed E-state index contributed by atoms with van der Waals surface area (Å²) < 4.78 is 26.2. The predicted molar refractivity (Wildman–Crippen MR) is 61.1 cm³/mol. The Kier molecular flexibility index (Phi) is 4.17. The van der Waals surface area contributed by atoms with Crippen LogP contribution in [0.4, 0.5) is 8.78 Å². The van der Waals surface area contributed by atoms with E-state index in [-0.39, 0.29) is 18.5 Å². The number of hydrogen-bond donors (Lipinski definition) is 2. The number of carbonyl (C=O) groups is 1. The Bertz CT molecular complexity index is 419. The maximum absolute atomic E-state index is 13.3. The normalized spacial score (nSPS) is 11.5. The third kappa shape index (κ3) is 4.48. The third-order valence-corrected chi connectivity index (χ3v) is 2.38. The molecule has 0 saturated heterocycles. The van der Waals surface area contributed by atoms with Crippen LogP contribution in [0.2, 0.25) is 0 Å². The van der Waals surface area contributed by atoms with Gasteiger partial charge in [-0.05, 0) is 32.0 Å². The Labute approximate surface area is 99.0 Å². The highest BCUT2D eigenvalue weighted by molar-refractivity contribution is 5.74. The lowest BCUT2D eigenvalue weighted by atomic mass is 10.00. The topological polar surface area (TPSA) is 55.1 Å². The summed E-state index contributed by atoms with van der Waals surface area (Å²) in [5.74, 6) is -1.41. The molecule has 1 rings (SSSR count). The van der Waals surface area contributed by atoms with Crippen molar-refractivity contribution in [3.05, 3.63) is 35.4 Å².